The maximum Gasteiger partial charge on any atom is 0.104 e. The van der Waals surface area contributed by atoms with E-state index in [-0.39, 0.29) is 0 Å². The molecule has 1 saturated heterocycles. The third-order valence-corrected chi connectivity index (χ3v) is 0.991. The molecule has 1 fully saturated rings. The monoisotopic (exact) mass is 115 g/mol. The lowest BCUT2D eigenvalue weighted by Crippen LogP contribution is -2.01. The maximum absolute atomic E-state index is 5.13. The van der Waals surface area contributed by atoms with Gasteiger partial charge in [-0.15, -0.1) is 0 Å². The van der Waals surface area contributed by atoms with Crippen molar-refractivity contribution in [3.63, 3.8) is 0 Å². The van der Waals surface area contributed by atoms with Crippen molar-refractivity contribution in [3.8, 4) is 0 Å². The summed E-state index contributed by atoms with van der Waals surface area (Å²) in [5, 5.41) is 0. The van der Waals surface area contributed by atoms with Crippen LogP contribution in [0.3, 0.4) is 0 Å². The van der Waals surface area contributed by atoms with Gasteiger partial charge in [0.15, 0.2) is 0 Å². The Labute approximate surface area is 49.8 Å². The first-order valence-corrected chi connectivity index (χ1v) is 2.90. The van der Waals surface area contributed by atoms with Gasteiger partial charge in [-0.05, 0) is 6.42 Å². The Balaban J connectivity index is 1.74. The summed E-state index contributed by atoms with van der Waals surface area (Å²) < 4.78 is 10.0. The van der Waals surface area contributed by atoms with E-state index in [1.54, 1.807) is 0 Å². The van der Waals surface area contributed by atoms with E-state index < -0.39 is 0 Å². The fourth-order valence-electron chi connectivity index (χ4n) is 0.482. The van der Waals surface area contributed by atoms with Crippen LogP contribution in [0.25, 0.3) is 0 Å². The van der Waals surface area contributed by atoms with Gasteiger partial charge in [-0.3, -0.25) is 0 Å². The zero-order valence-corrected chi connectivity index (χ0v) is 5.09. The van der Waals surface area contributed by atoms with E-state index in [9.17, 15) is 0 Å². The molecule has 2 nitrogen and oxygen atoms in total. The van der Waals surface area contributed by atoms with Crippen molar-refractivity contribution in [1.29, 1.82) is 0 Å². The molecule has 47 valence electrons. The molecule has 1 aliphatic heterocycles. The molecule has 0 aliphatic carbocycles. The standard InChI is InChI=1S/C6H11O2/c1-2-3-7-4-6-5-8-6/h2,6H,3-5H2,1H3. The molecule has 0 bridgehead atoms. The average molecular weight is 115 g/mol. The lowest BCUT2D eigenvalue weighted by molar-refractivity contribution is 0.134. The Morgan fingerprint density at radius 3 is 3.12 bits per heavy atom. The molecular weight excluding hydrogens is 104 g/mol. The van der Waals surface area contributed by atoms with Crippen molar-refractivity contribution in [3.05, 3.63) is 6.42 Å². The van der Waals surface area contributed by atoms with Crippen LogP contribution >= 0.6 is 0 Å². The van der Waals surface area contributed by atoms with Crippen LogP contribution in [-0.4, -0.2) is 25.9 Å². The first-order valence-electron chi connectivity index (χ1n) is 2.90. The summed E-state index contributed by atoms with van der Waals surface area (Å²) in [5.74, 6) is 0. The van der Waals surface area contributed by atoms with E-state index in [1.165, 1.54) is 0 Å². The molecule has 0 aromatic heterocycles. The number of hydrogen-bond acceptors (Lipinski definition) is 2. The topological polar surface area (TPSA) is 21.8 Å². The Bertz CT molecular complexity index is 59.5. The third kappa shape index (κ3) is 2.28. The predicted molar refractivity (Wildman–Crippen MR) is 30.5 cm³/mol. The summed E-state index contributed by atoms with van der Waals surface area (Å²) in [7, 11) is 0. The normalized spacial score (nSPS) is 25.9. The molecule has 1 atom stereocenters. The van der Waals surface area contributed by atoms with Crippen LogP contribution in [0, 0.1) is 6.42 Å². The van der Waals surface area contributed by atoms with E-state index in [0.29, 0.717) is 6.10 Å². The molecule has 0 spiro atoms. The average Bonchev–Trinajstić information content (AvgIpc) is 2.51. The Morgan fingerprint density at radius 1 is 1.88 bits per heavy atom. The SMILES string of the molecule is C[CH]COCC1CO1. The predicted octanol–water partition coefficient (Wildman–Crippen LogP) is 0.626. The summed E-state index contributed by atoms with van der Waals surface area (Å²) in [6.45, 7) is 4.39. The smallest absolute Gasteiger partial charge is 0.104 e. The Kier molecular flexibility index (Phi) is 2.30. The highest BCUT2D eigenvalue weighted by Crippen LogP contribution is 2.07. The second-order valence-corrected chi connectivity index (χ2v) is 1.90. The number of ether oxygens (including phenoxy) is 2. The number of rotatable bonds is 4. The maximum atomic E-state index is 5.13. The quantitative estimate of drug-likeness (QED) is 0.396. The Hall–Kier alpha value is -0.0800. The molecule has 0 aromatic rings. The summed E-state index contributed by atoms with van der Waals surface area (Å²) >= 11 is 0. The van der Waals surface area contributed by atoms with Crippen LogP contribution < -0.4 is 0 Å². The first kappa shape index (κ1) is 6.05. The van der Waals surface area contributed by atoms with Crippen LogP contribution in [0.5, 0.6) is 0 Å². The largest absolute Gasteiger partial charge is 0.378 e. The van der Waals surface area contributed by atoms with Crippen LogP contribution in [0.1, 0.15) is 6.92 Å². The minimum atomic E-state index is 0.412. The van der Waals surface area contributed by atoms with Gasteiger partial charge in [0.1, 0.15) is 6.10 Å². The Morgan fingerprint density at radius 2 is 2.62 bits per heavy atom. The lowest BCUT2D eigenvalue weighted by atomic mass is 10.5. The minimum Gasteiger partial charge on any atom is -0.378 e. The molecule has 0 amide bonds. The van der Waals surface area contributed by atoms with Gasteiger partial charge in [0, 0.05) is 6.61 Å². The summed E-state index contributed by atoms with van der Waals surface area (Å²) in [6.07, 6.45) is 2.40. The first-order chi connectivity index (χ1) is 3.93. The highest BCUT2D eigenvalue weighted by molar-refractivity contribution is 4.67. The molecule has 2 heteroatoms. The molecule has 0 aromatic carbocycles. The molecule has 0 N–H and O–H groups in total. The van der Waals surface area contributed by atoms with Gasteiger partial charge >= 0.3 is 0 Å². The lowest BCUT2D eigenvalue weighted by Gasteiger charge is -1.95. The van der Waals surface area contributed by atoms with Gasteiger partial charge in [0.05, 0.1) is 13.2 Å². The molecule has 1 heterocycles. The summed E-state index contributed by atoms with van der Waals surface area (Å²) in [5.41, 5.74) is 0. The van der Waals surface area contributed by atoms with E-state index in [1.807, 2.05) is 13.3 Å². The molecule has 1 aliphatic rings. The van der Waals surface area contributed by atoms with Crippen molar-refractivity contribution in [2.45, 2.75) is 13.0 Å². The highest BCUT2D eigenvalue weighted by atomic mass is 16.6. The highest BCUT2D eigenvalue weighted by Gasteiger charge is 2.21. The molecular formula is C6H11O2. The number of hydrogen-bond donors (Lipinski definition) is 0. The van der Waals surface area contributed by atoms with E-state index in [4.69, 9.17) is 9.47 Å². The van der Waals surface area contributed by atoms with Crippen molar-refractivity contribution in [2.75, 3.05) is 19.8 Å². The molecule has 0 saturated carbocycles. The zero-order chi connectivity index (χ0) is 5.82. The van der Waals surface area contributed by atoms with Crippen LogP contribution in [0.15, 0.2) is 0 Å². The number of epoxide rings is 1. The zero-order valence-electron chi connectivity index (χ0n) is 5.09. The summed E-state index contributed by atoms with van der Waals surface area (Å²) in [6, 6.07) is 0. The van der Waals surface area contributed by atoms with Crippen molar-refractivity contribution in [2.24, 2.45) is 0 Å². The van der Waals surface area contributed by atoms with Crippen LogP contribution in [0.4, 0.5) is 0 Å². The second-order valence-electron chi connectivity index (χ2n) is 1.90. The van der Waals surface area contributed by atoms with Crippen LogP contribution in [-0.2, 0) is 9.47 Å². The molecule has 8 heavy (non-hydrogen) atoms. The molecule has 1 radical (unpaired) electrons. The van der Waals surface area contributed by atoms with Crippen molar-refractivity contribution in [1.82, 2.24) is 0 Å². The minimum absolute atomic E-state index is 0.412. The third-order valence-electron chi connectivity index (χ3n) is 0.991. The summed E-state index contributed by atoms with van der Waals surface area (Å²) in [4.78, 5) is 0. The van der Waals surface area contributed by atoms with E-state index in [2.05, 4.69) is 0 Å². The van der Waals surface area contributed by atoms with E-state index in [0.717, 1.165) is 19.8 Å². The van der Waals surface area contributed by atoms with E-state index >= 15 is 0 Å². The molecule has 1 unspecified atom stereocenters. The van der Waals surface area contributed by atoms with Crippen LogP contribution in [0.2, 0.25) is 0 Å². The van der Waals surface area contributed by atoms with Gasteiger partial charge in [-0.1, -0.05) is 6.92 Å². The molecule has 1 rings (SSSR count). The van der Waals surface area contributed by atoms with Gasteiger partial charge in [0.25, 0.3) is 0 Å². The van der Waals surface area contributed by atoms with Gasteiger partial charge in [-0.25, -0.2) is 0 Å². The van der Waals surface area contributed by atoms with Gasteiger partial charge in [-0.2, -0.15) is 0 Å². The van der Waals surface area contributed by atoms with Crippen molar-refractivity contribution < 1.29 is 9.47 Å². The van der Waals surface area contributed by atoms with Gasteiger partial charge in [0.2, 0.25) is 0 Å². The second kappa shape index (κ2) is 3.05. The van der Waals surface area contributed by atoms with Crippen molar-refractivity contribution >= 4 is 0 Å². The fraction of sp³-hybridized carbons (Fsp3) is 0.833. The van der Waals surface area contributed by atoms with Gasteiger partial charge < -0.3 is 9.47 Å². The fourth-order valence-corrected chi connectivity index (χ4v) is 0.482.